The number of carboxylic acid groups (broad SMARTS) is 1. The molecule has 2 heterocycles. The van der Waals surface area contributed by atoms with E-state index in [4.69, 9.17) is 5.84 Å². The van der Waals surface area contributed by atoms with Crippen molar-refractivity contribution in [3.05, 3.63) is 39.9 Å². The van der Waals surface area contributed by atoms with Gasteiger partial charge in [0.1, 0.15) is 17.6 Å². The number of pyridine rings is 1. The van der Waals surface area contributed by atoms with Gasteiger partial charge in [-0.1, -0.05) is 0 Å². The molecule has 2 aliphatic rings. The van der Waals surface area contributed by atoms with Crippen LogP contribution in [0, 0.1) is 5.82 Å². The molecule has 4 rings (SSSR count). The minimum Gasteiger partial charge on any atom is -0.477 e. The number of carboxylic acids is 1. The highest BCUT2D eigenvalue weighted by molar-refractivity contribution is 5.93. The van der Waals surface area contributed by atoms with E-state index < -0.39 is 35.0 Å². The Labute approximate surface area is 152 Å². The predicted molar refractivity (Wildman–Crippen MR) is 94.6 cm³/mol. The second kappa shape index (κ2) is 6.55. The van der Waals surface area contributed by atoms with Crippen LogP contribution in [0.1, 0.15) is 22.8 Å². The van der Waals surface area contributed by atoms with E-state index in [9.17, 15) is 23.5 Å². The third-order valence-electron chi connectivity index (χ3n) is 4.98. The number of aromatic nitrogens is 1. The quantitative estimate of drug-likeness (QED) is 0.679. The van der Waals surface area contributed by atoms with Crippen LogP contribution in [0.2, 0.25) is 0 Å². The summed E-state index contributed by atoms with van der Waals surface area (Å²) in [5.74, 6) is 3.60. The van der Waals surface area contributed by atoms with Crippen molar-refractivity contribution in [3.8, 4) is 0 Å². The van der Waals surface area contributed by atoms with Gasteiger partial charge < -0.3 is 15.1 Å². The second-order valence-electron chi connectivity index (χ2n) is 6.89. The zero-order chi connectivity index (χ0) is 19.3. The van der Waals surface area contributed by atoms with Gasteiger partial charge in [-0.2, -0.15) is 0 Å². The van der Waals surface area contributed by atoms with Crippen molar-refractivity contribution in [1.29, 1.82) is 0 Å². The summed E-state index contributed by atoms with van der Waals surface area (Å²) >= 11 is 0. The van der Waals surface area contributed by atoms with Crippen LogP contribution in [0.4, 0.5) is 14.5 Å². The molecule has 1 aromatic heterocycles. The standard InChI is InChI=1S/C17H19F2N5O3/c18-11-5-9-14(7-13(11)21-23-3-1-22(20)2-4-23)24(15-6-12(15)19)8-10(16(9)25)17(26)27/h5,7-8,12,15,21H,1-4,6,20H2,(H,26,27). The molecule has 8 nitrogen and oxygen atoms in total. The van der Waals surface area contributed by atoms with Gasteiger partial charge in [-0.05, 0) is 12.1 Å². The van der Waals surface area contributed by atoms with E-state index in [1.807, 2.05) is 0 Å². The van der Waals surface area contributed by atoms with Crippen molar-refractivity contribution >= 4 is 22.6 Å². The summed E-state index contributed by atoms with van der Waals surface area (Å²) in [6, 6.07) is 1.89. The lowest BCUT2D eigenvalue weighted by atomic mass is 10.1. The summed E-state index contributed by atoms with van der Waals surface area (Å²) in [5.41, 5.74) is 2.12. The molecule has 0 radical (unpaired) electrons. The van der Waals surface area contributed by atoms with Crippen molar-refractivity contribution < 1.29 is 18.7 Å². The van der Waals surface area contributed by atoms with Gasteiger partial charge in [-0.25, -0.2) is 23.6 Å². The molecule has 0 spiro atoms. The first-order chi connectivity index (χ1) is 12.8. The summed E-state index contributed by atoms with van der Waals surface area (Å²) in [6.45, 7) is 2.38. The van der Waals surface area contributed by atoms with Gasteiger partial charge in [0.05, 0.1) is 17.2 Å². The van der Waals surface area contributed by atoms with Crippen LogP contribution in [0.3, 0.4) is 0 Å². The number of carbonyl (C=O) groups is 1. The fourth-order valence-corrected chi connectivity index (χ4v) is 3.33. The van der Waals surface area contributed by atoms with Crippen LogP contribution in [-0.4, -0.2) is 58.0 Å². The van der Waals surface area contributed by atoms with Crippen LogP contribution >= 0.6 is 0 Å². The van der Waals surface area contributed by atoms with Crippen LogP contribution in [0.25, 0.3) is 10.9 Å². The van der Waals surface area contributed by atoms with Crippen LogP contribution in [-0.2, 0) is 0 Å². The molecule has 10 heteroatoms. The Balaban J connectivity index is 1.79. The third kappa shape index (κ3) is 3.27. The lowest BCUT2D eigenvalue weighted by Crippen LogP contribution is -2.51. The van der Waals surface area contributed by atoms with Crippen molar-refractivity contribution in [2.45, 2.75) is 18.6 Å². The number of hydrogen-bond acceptors (Lipinski definition) is 6. The van der Waals surface area contributed by atoms with Crippen molar-refractivity contribution in [2.24, 2.45) is 5.84 Å². The van der Waals surface area contributed by atoms with Gasteiger partial charge in [0.2, 0.25) is 5.43 Å². The maximum atomic E-state index is 14.6. The molecule has 1 aromatic carbocycles. The number of rotatable bonds is 4. The van der Waals surface area contributed by atoms with E-state index in [-0.39, 0.29) is 17.5 Å². The minimum atomic E-state index is -1.42. The molecule has 4 N–H and O–H groups in total. The molecule has 1 aliphatic carbocycles. The van der Waals surface area contributed by atoms with Gasteiger partial charge in [0, 0.05) is 44.2 Å². The molecule has 1 saturated heterocycles. The second-order valence-corrected chi connectivity index (χ2v) is 6.89. The minimum absolute atomic E-state index is 0.0798. The highest BCUT2D eigenvalue weighted by Gasteiger charge is 2.40. The van der Waals surface area contributed by atoms with Crippen LogP contribution in [0.15, 0.2) is 23.1 Å². The van der Waals surface area contributed by atoms with Crippen molar-refractivity contribution in [1.82, 2.24) is 14.6 Å². The lowest BCUT2D eigenvalue weighted by molar-refractivity contribution is 0.0694. The third-order valence-corrected chi connectivity index (χ3v) is 4.98. The maximum absolute atomic E-state index is 14.6. The lowest BCUT2D eigenvalue weighted by Gasteiger charge is -2.32. The number of hydrogen-bond donors (Lipinski definition) is 3. The van der Waals surface area contributed by atoms with E-state index >= 15 is 0 Å². The van der Waals surface area contributed by atoms with Gasteiger partial charge in [-0.3, -0.25) is 10.6 Å². The topological polar surface area (TPSA) is 104 Å². The molecule has 27 heavy (non-hydrogen) atoms. The normalized spacial score (nSPS) is 23.5. The molecule has 144 valence electrons. The van der Waals surface area contributed by atoms with Gasteiger partial charge >= 0.3 is 5.97 Å². The number of anilines is 1. The number of piperazine rings is 1. The first kappa shape index (κ1) is 17.8. The monoisotopic (exact) mass is 379 g/mol. The van der Waals surface area contributed by atoms with E-state index in [0.29, 0.717) is 31.7 Å². The Morgan fingerprint density at radius 2 is 1.93 bits per heavy atom. The van der Waals surface area contributed by atoms with Gasteiger partial charge in [0.25, 0.3) is 0 Å². The zero-order valence-corrected chi connectivity index (χ0v) is 14.4. The van der Waals surface area contributed by atoms with Crippen LogP contribution in [0.5, 0.6) is 0 Å². The Hall–Kier alpha value is -2.56. The SMILES string of the molecule is NN1CCN(Nc2cc3c(cc2F)c(=O)c(C(=O)O)cn3C2CC2F)CC1. The molecule has 2 atom stereocenters. The average molecular weight is 379 g/mol. The number of nitrogens with zero attached hydrogens (tertiary/aromatic N) is 3. The Morgan fingerprint density at radius 1 is 1.26 bits per heavy atom. The molecular weight excluding hydrogens is 360 g/mol. The number of nitrogens with two attached hydrogens (primary N) is 1. The Bertz CT molecular complexity index is 971. The largest absolute Gasteiger partial charge is 0.477 e. The van der Waals surface area contributed by atoms with Crippen molar-refractivity contribution in [2.75, 3.05) is 31.6 Å². The molecule has 2 unspecified atom stereocenters. The molecule has 1 aliphatic heterocycles. The van der Waals surface area contributed by atoms with E-state index in [1.165, 1.54) is 10.6 Å². The van der Waals surface area contributed by atoms with Crippen molar-refractivity contribution in [3.63, 3.8) is 0 Å². The molecule has 0 amide bonds. The number of alkyl halides is 1. The summed E-state index contributed by atoms with van der Waals surface area (Å²) in [7, 11) is 0. The van der Waals surface area contributed by atoms with Gasteiger partial charge in [-0.15, -0.1) is 0 Å². The molecule has 2 aromatic rings. The number of benzene rings is 1. The predicted octanol–water partition coefficient (Wildman–Crippen LogP) is 0.940. The molecule has 2 fully saturated rings. The summed E-state index contributed by atoms with van der Waals surface area (Å²) in [4.78, 5) is 23.8. The summed E-state index contributed by atoms with van der Waals surface area (Å²) in [5, 5.41) is 12.6. The molecule has 1 saturated carbocycles. The smallest absolute Gasteiger partial charge is 0.341 e. The fourth-order valence-electron chi connectivity index (χ4n) is 3.33. The van der Waals surface area contributed by atoms with E-state index in [2.05, 4.69) is 5.43 Å². The first-order valence-electron chi connectivity index (χ1n) is 8.62. The Kier molecular flexibility index (Phi) is 4.33. The van der Waals surface area contributed by atoms with Gasteiger partial charge in [0.15, 0.2) is 0 Å². The molecular formula is C17H19F2N5O3. The number of hydrazine groups is 2. The van der Waals surface area contributed by atoms with Crippen LogP contribution < -0.4 is 16.7 Å². The first-order valence-corrected chi connectivity index (χ1v) is 8.62. The summed E-state index contributed by atoms with van der Waals surface area (Å²) in [6.07, 6.45) is 0.262. The summed E-state index contributed by atoms with van der Waals surface area (Å²) < 4.78 is 29.7. The highest BCUT2D eigenvalue weighted by atomic mass is 19.1. The van der Waals surface area contributed by atoms with E-state index in [1.54, 1.807) is 10.0 Å². The number of fused-ring (bicyclic) bond motifs is 1. The Morgan fingerprint density at radius 3 is 2.52 bits per heavy atom. The fraction of sp³-hybridized carbons (Fsp3) is 0.412. The number of halogens is 2. The number of aromatic carboxylic acids is 1. The molecule has 0 bridgehead atoms. The highest BCUT2D eigenvalue weighted by Crippen LogP contribution is 2.41. The van der Waals surface area contributed by atoms with E-state index in [0.717, 1.165) is 12.3 Å². The average Bonchev–Trinajstić information content (AvgIpc) is 3.34. The zero-order valence-electron chi connectivity index (χ0n) is 14.4. The number of nitrogens with one attached hydrogen (secondary N) is 1. The maximum Gasteiger partial charge on any atom is 0.341 e.